The van der Waals surface area contributed by atoms with Crippen LogP contribution in [0.5, 0.6) is 0 Å². The molecular formula is C24H39N4O9P. The number of nitrogens with one attached hydrogen (secondary N) is 2. The fourth-order valence-corrected chi connectivity index (χ4v) is 6.55. The Balaban J connectivity index is 1.75. The standard InChI is InChI=1S/C24H39N4O9P/c1-6-10-15(11-7-2)20(29)25-18-12-13-28(23(31)26-18)22-24(5,32)19-17(36-22)14-35-38(33,37-19)27-16(8-3)21(30)34-9-4/h12-13,15-17,19,22,32H,6-11,14H2,1-5H3,(H,27,33)(H,25,26,29,31)/t16-,17+,19+,22+,24+,38?/m0/s1. The van der Waals surface area contributed by atoms with Gasteiger partial charge < -0.3 is 19.9 Å². The van der Waals surface area contributed by atoms with E-state index in [1.54, 1.807) is 13.8 Å². The van der Waals surface area contributed by atoms with Crippen molar-refractivity contribution in [2.24, 2.45) is 5.92 Å². The number of esters is 1. The Morgan fingerprint density at radius 1 is 1.29 bits per heavy atom. The summed E-state index contributed by atoms with van der Waals surface area (Å²) in [6.07, 6.45) is 1.59. The normalized spacial score (nSPS) is 29.6. The number of anilines is 1. The summed E-state index contributed by atoms with van der Waals surface area (Å²) in [6.45, 7) is 8.71. The van der Waals surface area contributed by atoms with Gasteiger partial charge in [-0.05, 0) is 39.2 Å². The van der Waals surface area contributed by atoms with Gasteiger partial charge in [0.2, 0.25) is 5.91 Å². The lowest BCUT2D eigenvalue weighted by Gasteiger charge is -2.36. The highest BCUT2D eigenvalue weighted by Gasteiger charge is 2.60. The van der Waals surface area contributed by atoms with Crippen molar-refractivity contribution in [3.63, 3.8) is 0 Å². The van der Waals surface area contributed by atoms with Crippen LogP contribution in [0.1, 0.15) is 73.0 Å². The molecule has 6 atom stereocenters. The van der Waals surface area contributed by atoms with E-state index in [9.17, 15) is 24.1 Å². The number of hydrogen-bond acceptors (Lipinski definition) is 10. The summed E-state index contributed by atoms with van der Waals surface area (Å²) in [5.74, 6) is -0.877. The molecule has 214 valence electrons. The SMILES string of the molecule is CCCC(CCC)C(=O)Nc1ccn([C@@H]2O[C@@H]3COP(=O)(N[C@@H](CC)C(=O)OCC)O[C@H]3[C@@]2(C)O)c(=O)n1. The van der Waals surface area contributed by atoms with Crippen molar-refractivity contribution < 1.29 is 37.8 Å². The van der Waals surface area contributed by atoms with Crippen LogP contribution in [0.15, 0.2) is 17.1 Å². The molecule has 2 aliphatic rings. The number of carbonyl (C=O) groups excluding carboxylic acids is 2. The molecule has 3 heterocycles. The van der Waals surface area contributed by atoms with Gasteiger partial charge in [0.25, 0.3) is 0 Å². The van der Waals surface area contributed by atoms with Crippen molar-refractivity contribution in [2.75, 3.05) is 18.5 Å². The van der Waals surface area contributed by atoms with Crippen molar-refractivity contribution >= 4 is 25.4 Å². The molecule has 3 N–H and O–H groups in total. The minimum absolute atomic E-state index is 0.0985. The molecule has 1 amide bonds. The average molecular weight is 559 g/mol. The van der Waals surface area contributed by atoms with Gasteiger partial charge in [0.1, 0.15) is 29.7 Å². The molecule has 0 aliphatic carbocycles. The summed E-state index contributed by atoms with van der Waals surface area (Å²) >= 11 is 0. The minimum atomic E-state index is -4.03. The molecule has 0 saturated carbocycles. The van der Waals surface area contributed by atoms with E-state index >= 15 is 0 Å². The Labute approximate surface area is 222 Å². The van der Waals surface area contributed by atoms with E-state index in [0.29, 0.717) is 0 Å². The molecule has 1 aromatic heterocycles. The Kier molecular flexibility index (Phi) is 10.2. The molecule has 0 aromatic carbocycles. The molecule has 2 aliphatic heterocycles. The van der Waals surface area contributed by atoms with Crippen molar-refractivity contribution in [1.82, 2.24) is 14.6 Å². The zero-order chi connectivity index (χ0) is 28.1. The molecule has 3 rings (SSSR count). The molecule has 0 radical (unpaired) electrons. The maximum atomic E-state index is 13.3. The Morgan fingerprint density at radius 3 is 2.55 bits per heavy atom. The highest BCUT2D eigenvalue weighted by atomic mass is 31.2. The van der Waals surface area contributed by atoms with Crippen molar-refractivity contribution in [3.05, 3.63) is 22.7 Å². The van der Waals surface area contributed by atoms with Gasteiger partial charge in [0, 0.05) is 12.1 Å². The number of rotatable bonds is 12. The zero-order valence-electron chi connectivity index (χ0n) is 22.5. The van der Waals surface area contributed by atoms with Gasteiger partial charge in [0.05, 0.1) is 13.2 Å². The Morgan fingerprint density at radius 2 is 1.97 bits per heavy atom. The number of hydrogen-bond donors (Lipinski definition) is 3. The number of carbonyl (C=O) groups is 2. The van der Waals surface area contributed by atoms with E-state index in [1.165, 1.54) is 19.2 Å². The number of ether oxygens (including phenoxy) is 2. The third-order valence-electron chi connectivity index (χ3n) is 6.65. The summed E-state index contributed by atoms with van der Waals surface area (Å²) < 4.78 is 36.3. The molecule has 0 bridgehead atoms. The fraction of sp³-hybridized carbons (Fsp3) is 0.750. The zero-order valence-corrected chi connectivity index (χ0v) is 23.4. The van der Waals surface area contributed by atoms with E-state index < -0.39 is 49.5 Å². The number of aliphatic hydroxyl groups is 1. The van der Waals surface area contributed by atoms with Crippen LogP contribution in [0.25, 0.3) is 0 Å². The van der Waals surface area contributed by atoms with Gasteiger partial charge in [-0.3, -0.25) is 23.2 Å². The quantitative estimate of drug-likeness (QED) is 0.255. The molecule has 14 heteroatoms. The third kappa shape index (κ3) is 6.70. The van der Waals surface area contributed by atoms with E-state index in [0.717, 1.165) is 30.3 Å². The monoisotopic (exact) mass is 558 g/mol. The largest absolute Gasteiger partial charge is 0.465 e. The summed E-state index contributed by atoms with van der Waals surface area (Å²) in [5.41, 5.74) is -2.58. The second kappa shape index (κ2) is 12.8. The average Bonchev–Trinajstić information content (AvgIpc) is 3.12. The van der Waals surface area contributed by atoms with Gasteiger partial charge in [-0.2, -0.15) is 4.98 Å². The second-order valence-corrected chi connectivity index (χ2v) is 11.4. The van der Waals surface area contributed by atoms with Crippen molar-refractivity contribution in [3.8, 4) is 0 Å². The van der Waals surface area contributed by atoms with Gasteiger partial charge in [-0.15, -0.1) is 0 Å². The number of aromatic nitrogens is 2. The highest BCUT2D eigenvalue weighted by Crippen LogP contribution is 2.55. The van der Waals surface area contributed by atoms with E-state index in [-0.39, 0.29) is 37.3 Å². The van der Waals surface area contributed by atoms with Crippen LogP contribution in [0.4, 0.5) is 5.82 Å². The van der Waals surface area contributed by atoms with Gasteiger partial charge in [-0.1, -0.05) is 33.6 Å². The van der Waals surface area contributed by atoms with Crippen LogP contribution in [-0.2, 0) is 32.7 Å². The van der Waals surface area contributed by atoms with Crippen LogP contribution in [0, 0.1) is 5.92 Å². The van der Waals surface area contributed by atoms with Crippen molar-refractivity contribution in [1.29, 1.82) is 0 Å². The molecule has 1 aromatic rings. The maximum absolute atomic E-state index is 13.3. The Bertz CT molecular complexity index is 1090. The van der Waals surface area contributed by atoms with Crippen LogP contribution >= 0.6 is 7.75 Å². The minimum Gasteiger partial charge on any atom is -0.465 e. The van der Waals surface area contributed by atoms with Crippen LogP contribution < -0.4 is 16.1 Å². The molecule has 2 saturated heterocycles. The summed E-state index contributed by atoms with van der Waals surface area (Å²) in [7, 11) is -4.03. The van der Waals surface area contributed by atoms with Crippen LogP contribution in [0.2, 0.25) is 0 Å². The predicted molar refractivity (Wildman–Crippen MR) is 137 cm³/mol. The summed E-state index contributed by atoms with van der Waals surface area (Å²) in [6, 6.07) is 0.509. The highest BCUT2D eigenvalue weighted by molar-refractivity contribution is 7.51. The first-order chi connectivity index (χ1) is 18.0. The number of fused-ring (bicyclic) bond motifs is 1. The smallest absolute Gasteiger partial charge is 0.406 e. The topological polar surface area (TPSA) is 167 Å². The van der Waals surface area contributed by atoms with E-state index in [1.807, 2.05) is 13.8 Å². The van der Waals surface area contributed by atoms with Crippen molar-refractivity contribution in [2.45, 2.75) is 96.8 Å². The van der Waals surface area contributed by atoms with Gasteiger partial charge in [0.15, 0.2) is 6.23 Å². The van der Waals surface area contributed by atoms with Crippen LogP contribution in [-0.4, -0.2) is 63.6 Å². The number of amides is 1. The first kappa shape index (κ1) is 30.4. The van der Waals surface area contributed by atoms with E-state index in [2.05, 4.69) is 15.4 Å². The molecule has 1 unspecified atom stereocenters. The summed E-state index contributed by atoms with van der Waals surface area (Å²) in [4.78, 5) is 41.6. The lowest BCUT2D eigenvalue weighted by molar-refractivity contribution is -0.145. The lowest BCUT2D eigenvalue weighted by atomic mass is 9.96. The third-order valence-corrected chi connectivity index (χ3v) is 8.27. The first-order valence-corrected chi connectivity index (χ1v) is 14.7. The Hall–Kier alpha value is -2.15. The molecule has 2 fully saturated rings. The first-order valence-electron chi connectivity index (χ1n) is 13.1. The second-order valence-electron chi connectivity index (χ2n) is 9.68. The molecular weight excluding hydrogens is 519 g/mol. The lowest BCUT2D eigenvalue weighted by Crippen LogP contribution is -2.50. The molecule has 13 nitrogen and oxygen atoms in total. The van der Waals surface area contributed by atoms with Crippen LogP contribution in [0.3, 0.4) is 0 Å². The summed E-state index contributed by atoms with van der Waals surface area (Å²) in [5, 5.41) is 16.6. The molecule has 0 spiro atoms. The molecule has 38 heavy (non-hydrogen) atoms. The van der Waals surface area contributed by atoms with Gasteiger partial charge in [-0.25, -0.2) is 14.4 Å². The maximum Gasteiger partial charge on any atom is 0.406 e. The van der Waals surface area contributed by atoms with E-state index in [4.69, 9.17) is 18.5 Å². The predicted octanol–water partition coefficient (Wildman–Crippen LogP) is 2.50. The number of nitrogens with zero attached hydrogens (tertiary/aromatic N) is 2. The fourth-order valence-electron chi connectivity index (χ4n) is 4.70. The van der Waals surface area contributed by atoms with Gasteiger partial charge >= 0.3 is 19.4 Å².